The maximum atomic E-state index is 11.9. The minimum Gasteiger partial charge on any atom is -0.332 e. The number of rotatable bonds is 5. The molecule has 0 saturated heterocycles. The third-order valence-electron chi connectivity index (χ3n) is 4.74. The molecule has 0 aliphatic carbocycles. The van der Waals surface area contributed by atoms with Gasteiger partial charge < -0.3 is 10.6 Å². The Morgan fingerprint density at radius 1 is 0.935 bits per heavy atom. The van der Waals surface area contributed by atoms with E-state index < -0.39 is 4.92 Å². The number of para-hydroxylation sites is 2. The van der Waals surface area contributed by atoms with Crippen LogP contribution in [0.4, 0.5) is 28.1 Å². The molecule has 0 atom stereocenters. The SMILES string of the molecule is Cc1cccc2sc(Nc3ncnc(Nc4cccc5cccnc45)c3[N+](=O)[O-])nc12. The highest BCUT2D eigenvalue weighted by Gasteiger charge is 2.24. The number of hydrogen-bond donors (Lipinski definition) is 2. The van der Waals surface area contributed by atoms with Crippen LogP contribution >= 0.6 is 11.3 Å². The van der Waals surface area contributed by atoms with Gasteiger partial charge in [-0.3, -0.25) is 15.1 Å². The number of nitro groups is 1. The lowest BCUT2D eigenvalue weighted by Gasteiger charge is -2.10. The highest BCUT2D eigenvalue weighted by molar-refractivity contribution is 7.22. The van der Waals surface area contributed by atoms with Gasteiger partial charge in [-0.15, -0.1) is 0 Å². The first-order valence-electron chi connectivity index (χ1n) is 9.33. The molecule has 2 aromatic carbocycles. The zero-order valence-corrected chi connectivity index (χ0v) is 17.1. The van der Waals surface area contributed by atoms with Gasteiger partial charge in [-0.1, -0.05) is 41.7 Å². The molecule has 0 aliphatic rings. The smallest absolute Gasteiger partial charge is 0.332 e. The summed E-state index contributed by atoms with van der Waals surface area (Å²) in [4.78, 5) is 28.6. The van der Waals surface area contributed by atoms with Gasteiger partial charge in [0.25, 0.3) is 0 Å². The fourth-order valence-electron chi connectivity index (χ4n) is 3.31. The highest BCUT2D eigenvalue weighted by atomic mass is 32.1. The van der Waals surface area contributed by atoms with E-state index in [-0.39, 0.29) is 17.3 Å². The summed E-state index contributed by atoms with van der Waals surface area (Å²) < 4.78 is 0.986. The number of hydrogen-bond acceptors (Lipinski definition) is 9. The number of aryl methyl sites for hydroxylation is 1. The molecule has 0 spiro atoms. The molecule has 5 rings (SSSR count). The fourth-order valence-corrected chi connectivity index (χ4v) is 4.25. The Kier molecular flexibility index (Phi) is 4.60. The number of aromatic nitrogens is 4. The maximum absolute atomic E-state index is 11.9. The molecule has 152 valence electrons. The van der Waals surface area contributed by atoms with Crippen LogP contribution in [0.15, 0.2) is 61.1 Å². The molecule has 5 aromatic rings. The second-order valence-electron chi connectivity index (χ2n) is 6.75. The van der Waals surface area contributed by atoms with Gasteiger partial charge in [-0.2, -0.15) is 0 Å². The van der Waals surface area contributed by atoms with Gasteiger partial charge in [-0.25, -0.2) is 15.0 Å². The van der Waals surface area contributed by atoms with E-state index in [1.54, 1.807) is 12.3 Å². The van der Waals surface area contributed by atoms with E-state index in [1.165, 1.54) is 17.7 Å². The summed E-state index contributed by atoms with van der Waals surface area (Å²) in [5.41, 5.74) is 2.92. The molecular formula is C21H15N7O2S. The van der Waals surface area contributed by atoms with E-state index in [2.05, 4.69) is 30.6 Å². The molecule has 0 amide bonds. The Morgan fingerprint density at radius 2 is 1.71 bits per heavy atom. The standard InChI is InChI=1S/C21H15N7O2S/c1-12-5-2-9-15-16(12)26-21(31-15)27-20-18(28(29)30)19(23-11-24-20)25-14-8-3-6-13-7-4-10-22-17(13)14/h2-11H,1H3,(H2,23,24,25,26,27). The molecule has 31 heavy (non-hydrogen) atoms. The third-order valence-corrected chi connectivity index (χ3v) is 5.67. The van der Waals surface area contributed by atoms with Crippen molar-refractivity contribution in [3.05, 3.63) is 76.7 Å². The maximum Gasteiger partial charge on any atom is 0.353 e. The van der Waals surface area contributed by atoms with Crippen molar-refractivity contribution in [3.8, 4) is 0 Å². The minimum atomic E-state index is -0.512. The number of nitrogens with zero attached hydrogens (tertiary/aromatic N) is 5. The van der Waals surface area contributed by atoms with E-state index in [4.69, 9.17) is 0 Å². The van der Waals surface area contributed by atoms with Crippen LogP contribution < -0.4 is 10.6 Å². The van der Waals surface area contributed by atoms with Crippen LogP contribution in [0.1, 0.15) is 5.56 Å². The summed E-state index contributed by atoms with van der Waals surface area (Å²) in [7, 11) is 0. The van der Waals surface area contributed by atoms with E-state index in [1.807, 2.05) is 49.4 Å². The number of pyridine rings is 1. The van der Waals surface area contributed by atoms with Crippen molar-refractivity contribution in [2.24, 2.45) is 0 Å². The lowest BCUT2D eigenvalue weighted by atomic mass is 10.2. The summed E-state index contributed by atoms with van der Waals surface area (Å²) in [6.07, 6.45) is 2.94. The van der Waals surface area contributed by atoms with Crippen LogP contribution in [0.3, 0.4) is 0 Å². The third kappa shape index (κ3) is 3.49. The Balaban J connectivity index is 1.55. The molecule has 0 bridgehead atoms. The summed E-state index contributed by atoms with van der Waals surface area (Å²) in [5, 5.41) is 19.4. The molecule has 0 unspecified atom stereocenters. The van der Waals surface area contributed by atoms with Gasteiger partial charge in [0.15, 0.2) is 5.13 Å². The van der Waals surface area contributed by atoms with Crippen LogP contribution in [-0.4, -0.2) is 24.9 Å². The van der Waals surface area contributed by atoms with Crippen LogP contribution in [0.2, 0.25) is 0 Å². The van der Waals surface area contributed by atoms with Gasteiger partial charge >= 0.3 is 5.69 Å². The molecule has 3 aromatic heterocycles. The van der Waals surface area contributed by atoms with Crippen LogP contribution in [0.5, 0.6) is 0 Å². The molecule has 0 radical (unpaired) electrons. The summed E-state index contributed by atoms with van der Waals surface area (Å²) in [6, 6.07) is 15.2. The monoisotopic (exact) mass is 429 g/mol. The van der Waals surface area contributed by atoms with E-state index in [9.17, 15) is 10.1 Å². The fraction of sp³-hybridized carbons (Fsp3) is 0.0476. The quantitative estimate of drug-likeness (QED) is 0.284. The Hall–Kier alpha value is -4.18. The van der Waals surface area contributed by atoms with Crippen molar-refractivity contribution in [1.29, 1.82) is 0 Å². The lowest BCUT2D eigenvalue weighted by Crippen LogP contribution is -2.05. The van der Waals surface area contributed by atoms with Crippen LogP contribution in [-0.2, 0) is 0 Å². The number of fused-ring (bicyclic) bond motifs is 2. The van der Waals surface area contributed by atoms with Gasteiger partial charge in [0.2, 0.25) is 11.6 Å². The van der Waals surface area contributed by atoms with Crippen molar-refractivity contribution >= 4 is 60.6 Å². The van der Waals surface area contributed by atoms with Gasteiger partial charge in [0, 0.05) is 11.6 Å². The molecule has 2 N–H and O–H groups in total. The zero-order chi connectivity index (χ0) is 21.4. The molecule has 9 nitrogen and oxygen atoms in total. The summed E-state index contributed by atoms with van der Waals surface area (Å²) in [6.45, 7) is 1.97. The second kappa shape index (κ2) is 7.58. The average molecular weight is 429 g/mol. The first kappa shape index (κ1) is 18.8. The van der Waals surface area contributed by atoms with E-state index in [0.29, 0.717) is 16.3 Å². The van der Waals surface area contributed by atoms with Gasteiger partial charge in [-0.05, 0) is 30.7 Å². The molecular weight excluding hydrogens is 414 g/mol. The Morgan fingerprint density at radius 3 is 2.52 bits per heavy atom. The Bertz CT molecular complexity index is 1450. The van der Waals surface area contributed by atoms with E-state index >= 15 is 0 Å². The number of nitrogens with one attached hydrogen (secondary N) is 2. The van der Waals surface area contributed by atoms with Crippen molar-refractivity contribution in [3.63, 3.8) is 0 Å². The molecule has 0 saturated carbocycles. The van der Waals surface area contributed by atoms with Crippen molar-refractivity contribution in [2.75, 3.05) is 10.6 Å². The van der Waals surface area contributed by atoms with Crippen LogP contribution in [0.25, 0.3) is 21.1 Å². The largest absolute Gasteiger partial charge is 0.353 e. The summed E-state index contributed by atoms with van der Waals surface area (Å²) in [5.74, 6) is 0.130. The van der Waals surface area contributed by atoms with Crippen LogP contribution in [0, 0.1) is 17.0 Å². The topological polar surface area (TPSA) is 119 Å². The van der Waals surface area contributed by atoms with Crippen molar-refractivity contribution in [1.82, 2.24) is 19.9 Å². The Labute approximate surface area is 180 Å². The van der Waals surface area contributed by atoms with E-state index in [0.717, 1.165) is 21.2 Å². The predicted molar refractivity (Wildman–Crippen MR) is 121 cm³/mol. The summed E-state index contributed by atoms with van der Waals surface area (Å²) >= 11 is 1.40. The number of benzene rings is 2. The normalized spacial score (nSPS) is 11.0. The second-order valence-corrected chi connectivity index (χ2v) is 7.78. The minimum absolute atomic E-state index is 0.0624. The first-order valence-corrected chi connectivity index (χ1v) is 10.1. The number of anilines is 4. The van der Waals surface area contributed by atoms with Gasteiger partial charge in [0.05, 0.1) is 26.3 Å². The molecule has 10 heteroatoms. The zero-order valence-electron chi connectivity index (χ0n) is 16.2. The first-order chi connectivity index (χ1) is 15.1. The number of thiazole rings is 1. The lowest BCUT2D eigenvalue weighted by molar-refractivity contribution is -0.383. The van der Waals surface area contributed by atoms with Gasteiger partial charge in [0.1, 0.15) is 6.33 Å². The molecule has 0 fully saturated rings. The van der Waals surface area contributed by atoms with Crippen molar-refractivity contribution in [2.45, 2.75) is 6.92 Å². The predicted octanol–water partition coefficient (Wildman–Crippen LogP) is 5.34. The highest BCUT2D eigenvalue weighted by Crippen LogP contribution is 2.36. The average Bonchev–Trinajstić information content (AvgIpc) is 3.18. The molecule has 0 aliphatic heterocycles. The molecule has 3 heterocycles. The van der Waals surface area contributed by atoms with Crippen molar-refractivity contribution < 1.29 is 4.92 Å².